The lowest BCUT2D eigenvalue weighted by atomic mass is 10.1. The summed E-state index contributed by atoms with van der Waals surface area (Å²) in [6.45, 7) is 5.87. The van der Waals surface area contributed by atoms with Gasteiger partial charge in [-0.05, 0) is 49.6 Å². The van der Waals surface area contributed by atoms with Gasteiger partial charge in [-0.15, -0.1) is 0 Å². The molecule has 0 aliphatic rings. The van der Waals surface area contributed by atoms with E-state index >= 15 is 0 Å². The van der Waals surface area contributed by atoms with Crippen LogP contribution in [0.1, 0.15) is 37.8 Å². The van der Waals surface area contributed by atoms with Gasteiger partial charge in [-0.1, -0.05) is 61.9 Å². The molecule has 2 amide bonds. The highest BCUT2D eigenvalue weighted by molar-refractivity contribution is 7.92. The molecule has 0 spiro atoms. The van der Waals surface area contributed by atoms with Crippen LogP contribution in [0, 0.1) is 6.92 Å². The van der Waals surface area contributed by atoms with Gasteiger partial charge in [-0.2, -0.15) is 0 Å². The third-order valence-electron chi connectivity index (χ3n) is 6.67. The zero-order chi connectivity index (χ0) is 30.0. The smallest absolute Gasteiger partial charge is 0.264 e. The Kier molecular flexibility index (Phi) is 11.2. The summed E-state index contributed by atoms with van der Waals surface area (Å²) >= 11 is 0. The molecule has 220 valence electrons. The lowest BCUT2D eigenvalue weighted by molar-refractivity contribution is -0.140. The lowest BCUT2D eigenvalue weighted by Crippen LogP contribution is -2.52. The summed E-state index contributed by atoms with van der Waals surface area (Å²) in [4.78, 5) is 28.6. The molecule has 10 heteroatoms. The molecule has 0 saturated heterocycles. The molecular formula is C31H39N3O6S. The van der Waals surface area contributed by atoms with Crippen LogP contribution in [0.5, 0.6) is 11.5 Å². The zero-order valence-corrected chi connectivity index (χ0v) is 25.1. The van der Waals surface area contributed by atoms with E-state index in [1.165, 1.54) is 37.3 Å². The van der Waals surface area contributed by atoms with Crippen molar-refractivity contribution in [1.82, 2.24) is 10.2 Å². The Bertz CT molecular complexity index is 1410. The van der Waals surface area contributed by atoms with Crippen LogP contribution in [0.25, 0.3) is 0 Å². The maximum absolute atomic E-state index is 14.1. The van der Waals surface area contributed by atoms with Gasteiger partial charge in [-0.3, -0.25) is 13.9 Å². The maximum atomic E-state index is 14.1. The van der Waals surface area contributed by atoms with Crippen molar-refractivity contribution in [3.05, 3.63) is 83.9 Å². The predicted molar refractivity (Wildman–Crippen MR) is 160 cm³/mol. The number of aryl methyl sites for hydroxylation is 1. The summed E-state index contributed by atoms with van der Waals surface area (Å²) in [5, 5.41) is 2.89. The van der Waals surface area contributed by atoms with Crippen LogP contribution in [0.4, 0.5) is 5.69 Å². The lowest BCUT2D eigenvalue weighted by Gasteiger charge is -2.33. The second-order valence-electron chi connectivity index (χ2n) is 9.59. The Morgan fingerprint density at radius 1 is 0.902 bits per heavy atom. The Balaban J connectivity index is 2.05. The summed E-state index contributed by atoms with van der Waals surface area (Å²) < 4.78 is 39.8. The number of nitrogens with one attached hydrogen (secondary N) is 1. The number of sulfonamides is 1. The first-order chi connectivity index (χ1) is 19.7. The van der Waals surface area contributed by atoms with Crippen LogP contribution in [-0.2, 0) is 26.2 Å². The average Bonchev–Trinajstić information content (AvgIpc) is 2.99. The van der Waals surface area contributed by atoms with Gasteiger partial charge in [0, 0.05) is 19.2 Å². The number of hydrogen-bond acceptors (Lipinski definition) is 6. The molecule has 3 aromatic carbocycles. The fraction of sp³-hybridized carbons (Fsp3) is 0.355. The monoisotopic (exact) mass is 581 g/mol. The van der Waals surface area contributed by atoms with E-state index < -0.39 is 28.5 Å². The first-order valence-corrected chi connectivity index (χ1v) is 15.0. The Hall–Kier alpha value is -4.05. The molecule has 0 aliphatic heterocycles. The molecule has 41 heavy (non-hydrogen) atoms. The van der Waals surface area contributed by atoms with Crippen molar-refractivity contribution in [3.63, 3.8) is 0 Å². The van der Waals surface area contributed by atoms with E-state index in [1.807, 2.05) is 45.0 Å². The largest absolute Gasteiger partial charge is 0.493 e. The van der Waals surface area contributed by atoms with E-state index in [0.717, 1.165) is 21.9 Å². The Morgan fingerprint density at radius 3 is 2.15 bits per heavy atom. The van der Waals surface area contributed by atoms with Crippen LogP contribution >= 0.6 is 0 Å². The molecule has 3 aromatic rings. The third-order valence-corrected chi connectivity index (χ3v) is 8.44. The minimum Gasteiger partial charge on any atom is -0.493 e. The minimum atomic E-state index is -4.24. The number of benzene rings is 3. The van der Waals surface area contributed by atoms with Crippen molar-refractivity contribution in [2.75, 3.05) is 31.6 Å². The SMILES string of the molecule is CCCNC(=O)C(CC)N(Cc1ccc(C)cc1)C(=O)CN(c1ccccc1)S(=O)(=O)c1ccc(OC)c(OC)c1. The molecule has 0 aliphatic carbocycles. The third kappa shape index (κ3) is 7.79. The molecule has 0 fully saturated rings. The number of hydrogen-bond donors (Lipinski definition) is 1. The number of rotatable bonds is 14. The molecule has 0 heterocycles. The first-order valence-electron chi connectivity index (χ1n) is 13.6. The van der Waals surface area contributed by atoms with Crippen LogP contribution in [0.3, 0.4) is 0 Å². The van der Waals surface area contributed by atoms with Gasteiger partial charge in [0.25, 0.3) is 10.0 Å². The summed E-state index contributed by atoms with van der Waals surface area (Å²) in [6, 6.07) is 19.6. The fourth-order valence-electron chi connectivity index (χ4n) is 4.40. The standard InChI is InChI=1S/C31H39N3O6S/c1-6-19-32-31(36)27(7-2)33(21-24-15-13-23(3)14-16-24)30(35)22-34(25-11-9-8-10-12-25)41(37,38)26-17-18-28(39-4)29(20-26)40-5/h8-18,20,27H,6-7,19,21-22H2,1-5H3,(H,32,36). The molecule has 0 aromatic heterocycles. The van der Waals surface area contributed by atoms with E-state index in [2.05, 4.69) is 5.32 Å². The molecule has 1 unspecified atom stereocenters. The minimum absolute atomic E-state index is 0.0652. The number of carbonyl (C=O) groups is 2. The molecule has 9 nitrogen and oxygen atoms in total. The second kappa shape index (κ2) is 14.5. The summed E-state index contributed by atoms with van der Waals surface area (Å²) in [6.07, 6.45) is 1.11. The number of para-hydroxylation sites is 1. The molecule has 1 N–H and O–H groups in total. The summed E-state index contributed by atoms with van der Waals surface area (Å²) in [5.41, 5.74) is 2.21. The molecule has 0 radical (unpaired) electrons. The number of nitrogens with zero attached hydrogens (tertiary/aromatic N) is 2. The predicted octanol–water partition coefficient (Wildman–Crippen LogP) is 4.54. The van der Waals surface area contributed by atoms with Gasteiger partial charge in [0.2, 0.25) is 11.8 Å². The van der Waals surface area contributed by atoms with Crippen molar-refractivity contribution in [3.8, 4) is 11.5 Å². The second-order valence-corrected chi connectivity index (χ2v) is 11.4. The van der Waals surface area contributed by atoms with Crippen molar-refractivity contribution < 1.29 is 27.5 Å². The maximum Gasteiger partial charge on any atom is 0.264 e. The number of amides is 2. The van der Waals surface area contributed by atoms with Gasteiger partial charge < -0.3 is 19.7 Å². The van der Waals surface area contributed by atoms with E-state index in [-0.39, 0.29) is 23.1 Å². The first kappa shape index (κ1) is 31.5. The molecule has 1 atom stereocenters. The van der Waals surface area contributed by atoms with E-state index in [9.17, 15) is 18.0 Å². The van der Waals surface area contributed by atoms with E-state index in [1.54, 1.807) is 30.3 Å². The zero-order valence-electron chi connectivity index (χ0n) is 24.3. The summed E-state index contributed by atoms with van der Waals surface area (Å²) in [7, 11) is -1.35. The van der Waals surface area contributed by atoms with Crippen molar-refractivity contribution in [1.29, 1.82) is 0 Å². The van der Waals surface area contributed by atoms with Gasteiger partial charge >= 0.3 is 0 Å². The fourth-order valence-corrected chi connectivity index (χ4v) is 5.83. The van der Waals surface area contributed by atoms with Crippen LogP contribution in [-0.4, -0.2) is 58.5 Å². The van der Waals surface area contributed by atoms with Gasteiger partial charge in [0.1, 0.15) is 12.6 Å². The number of ether oxygens (including phenoxy) is 2. The van der Waals surface area contributed by atoms with Crippen LogP contribution in [0.15, 0.2) is 77.7 Å². The van der Waals surface area contributed by atoms with E-state index in [0.29, 0.717) is 24.4 Å². The average molecular weight is 582 g/mol. The van der Waals surface area contributed by atoms with Crippen LogP contribution < -0.4 is 19.1 Å². The Morgan fingerprint density at radius 2 is 1.56 bits per heavy atom. The van der Waals surface area contributed by atoms with Crippen molar-refractivity contribution in [2.24, 2.45) is 0 Å². The molecular weight excluding hydrogens is 542 g/mol. The normalized spacial score (nSPS) is 11.8. The molecule has 0 bridgehead atoms. The van der Waals surface area contributed by atoms with Crippen molar-refractivity contribution >= 4 is 27.5 Å². The van der Waals surface area contributed by atoms with Gasteiger partial charge in [0.05, 0.1) is 24.8 Å². The highest BCUT2D eigenvalue weighted by Gasteiger charge is 2.34. The molecule has 0 saturated carbocycles. The highest BCUT2D eigenvalue weighted by atomic mass is 32.2. The quantitative estimate of drug-likeness (QED) is 0.300. The molecule has 3 rings (SSSR count). The van der Waals surface area contributed by atoms with Gasteiger partial charge in [0.15, 0.2) is 11.5 Å². The summed E-state index contributed by atoms with van der Waals surface area (Å²) in [5.74, 6) is -0.157. The van der Waals surface area contributed by atoms with E-state index in [4.69, 9.17) is 9.47 Å². The number of methoxy groups -OCH3 is 2. The van der Waals surface area contributed by atoms with Gasteiger partial charge in [-0.25, -0.2) is 8.42 Å². The Labute approximate surface area is 243 Å². The highest BCUT2D eigenvalue weighted by Crippen LogP contribution is 2.32. The van der Waals surface area contributed by atoms with Crippen LogP contribution in [0.2, 0.25) is 0 Å². The topological polar surface area (TPSA) is 105 Å². The number of carbonyl (C=O) groups excluding carboxylic acids is 2. The number of anilines is 1. The van der Waals surface area contributed by atoms with Crippen molar-refractivity contribution in [2.45, 2.75) is 51.1 Å².